The third-order valence-corrected chi connectivity index (χ3v) is 2.59. The van der Waals surface area contributed by atoms with Crippen LogP contribution in [0.1, 0.15) is 13.3 Å². The summed E-state index contributed by atoms with van der Waals surface area (Å²) >= 11 is 0. The van der Waals surface area contributed by atoms with E-state index in [2.05, 4.69) is 31.5 Å². The average molecular weight is 151 g/mol. The molecule has 0 saturated carbocycles. The lowest BCUT2D eigenvalue weighted by atomic mass is 9.82. The van der Waals surface area contributed by atoms with Gasteiger partial charge in [0.2, 0.25) is 0 Å². The first-order valence-electron chi connectivity index (χ1n) is 4.28. The molecule has 1 fully saturated rings. The van der Waals surface area contributed by atoms with Gasteiger partial charge in [-0.25, -0.2) is 0 Å². The molecule has 0 aliphatic carbocycles. The predicted molar refractivity (Wildman–Crippen MR) is 49.5 cm³/mol. The van der Waals surface area contributed by atoms with Gasteiger partial charge >= 0.3 is 0 Å². The topological polar surface area (TPSA) is 12.0 Å². The number of piperidine rings is 1. The summed E-state index contributed by atoms with van der Waals surface area (Å²) < 4.78 is 0. The van der Waals surface area contributed by atoms with Crippen molar-refractivity contribution in [3.05, 3.63) is 25.3 Å². The molecule has 0 radical (unpaired) electrons. The van der Waals surface area contributed by atoms with Crippen molar-refractivity contribution in [2.45, 2.75) is 19.4 Å². The zero-order valence-corrected chi connectivity index (χ0v) is 7.22. The van der Waals surface area contributed by atoms with E-state index >= 15 is 0 Å². The molecule has 0 aromatic heterocycles. The van der Waals surface area contributed by atoms with Crippen LogP contribution < -0.4 is 5.32 Å². The van der Waals surface area contributed by atoms with E-state index in [4.69, 9.17) is 0 Å². The van der Waals surface area contributed by atoms with E-state index in [1.807, 2.05) is 6.08 Å². The van der Waals surface area contributed by atoms with Crippen LogP contribution in [-0.2, 0) is 0 Å². The minimum Gasteiger partial charge on any atom is -0.314 e. The zero-order chi connectivity index (χ0) is 8.27. The Balaban J connectivity index is 2.62. The number of hydrogen-bond donors (Lipinski definition) is 1. The fraction of sp³-hybridized carbons (Fsp3) is 0.600. The molecule has 1 rings (SSSR count). The van der Waals surface area contributed by atoms with E-state index in [1.165, 1.54) is 6.42 Å². The van der Waals surface area contributed by atoms with Gasteiger partial charge in [0.05, 0.1) is 0 Å². The van der Waals surface area contributed by atoms with Crippen LogP contribution in [0.4, 0.5) is 0 Å². The van der Waals surface area contributed by atoms with E-state index in [9.17, 15) is 0 Å². The van der Waals surface area contributed by atoms with Crippen LogP contribution in [0.25, 0.3) is 0 Å². The Morgan fingerprint density at radius 3 is 2.55 bits per heavy atom. The third kappa shape index (κ3) is 1.72. The van der Waals surface area contributed by atoms with Gasteiger partial charge in [-0.1, -0.05) is 12.2 Å². The minimum absolute atomic E-state index is 0.559. The first kappa shape index (κ1) is 8.54. The van der Waals surface area contributed by atoms with Crippen molar-refractivity contribution in [1.82, 2.24) is 5.32 Å². The normalized spacial score (nSPS) is 38.1. The Hall–Kier alpha value is -0.560. The van der Waals surface area contributed by atoms with Gasteiger partial charge in [0, 0.05) is 6.04 Å². The third-order valence-electron chi connectivity index (χ3n) is 2.59. The van der Waals surface area contributed by atoms with E-state index in [0.29, 0.717) is 17.9 Å². The monoisotopic (exact) mass is 151 g/mol. The van der Waals surface area contributed by atoms with Crippen molar-refractivity contribution in [3.8, 4) is 0 Å². The zero-order valence-electron chi connectivity index (χ0n) is 7.22. The van der Waals surface area contributed by atoms with Gasteiger partial charge in [-0.2, -0.15) is 0 Å². The fourth-order valence-corrected chi connectivity index (χ4v) is 1.83. The van der Waals surface area contributed by atoms with Gasteiger partial charge < -0.3 is 5.32 Å². The van der Waals surface area contributed by atoms with Crippen LogP contribution in [0.5, 0.6) is 0 Å². The minimum atomic E-state index is 0.559. The van der Waals surface area contributed by atoms with E-state index in [1.54, 1.807) is 0 Å². The Bertz CT molecular complexity index is 151. The van der Waals surface area contributed by atoms with Crippen LogP contribution in [-0.4, -0.2) is 12.6 Å². The highest BCUT2D eigenvalue weighted by atomic mass is 14.9. The highest BCUT2D eigenvalue weighted by Gasteiger charge is 2.25. The summed E-state index contributed by atoms with van der Waals surface area (Å²) in [6.07, 6.45) is 5.30. The molecule has 0 spiro atoms. The quantitative estimate of drug-likeness (QED) is 0.595. The van der Waals surface area contributed by atoms with Gasteiger partial charge in [0.15, 0.2) is 0 Å². The maximum absolute atomic E-state index is 3.85. The predicted octanol–water partition coefficient (Wildman–Crippen LogP) is 1.97. The van der Waals surface area contributed by atoms with Gasteiger partial charge in [-0.15, -0.1) is 13.2 Å². The van der Waals surface area contributed by atoms with Crippen molar-refractivity contribution in [2.24, 2.45) is 11.8 Å². The van der Waals surface area contributed by atoms with Crippen molar-refractivity contribution in [3.63, 3.8) is 0 Å². The molecule has 11 heavy (non-hydrogen) atoms. The molecule has 1 heterocycles. The summed E-state index contributed by atoms with van der Waals surface area (Å²) in [5.41, 5.74) is 0. The summed E-state index contributed by atoms with van der Waals surface area (Å²) in [5.74, 6) is 1.20. The molecule has 0 amide bonds. The molecule has 0 bridgehead atoms. The summed E-state index contributed by atoms with van der Waals surface area (Å²) in [7, 11) is 0. The second-order valence-corrected chi connectivity index (χ2v) is 3.24. The molecule has 3 atom stereocenters. The smallest absolute Gasteiger partial charge is 0.0107 e. The molecular weight excluding hydrogens is 134 g/mol. The van der Waals surface area contributed by atoms with Crippen molar-refractivity contribution >= 4 is 0 Å². The largest absolute Gasteiger partial charge is 0.314 e. The molecule has 2 unspecified atom stereocenters. The lowest BCUT2D eigenvalue weighted by Crippen LogP contribution is -2.42. The lowest BCUT2D eigenvalue weighted by Gasteiger charge is -2.33. The molecule has 0 aromatic carbocycles. The first-order chi connectivity index (χ1) is 5.29. The Morgan fingerprint density at radius 2 is 2.09 bits per heavy atom. The highest BCUT2D eigenvalue weighted by Crippen LogP contribution is 2.24. The Labute approximate surface area is 69.2 Å². The molecule has 1 heteroatoms. The van der Waals surface area contributed by atoms with Crippen molar-refractivity contribution in [1.29, 1.82) is 0 Å². The van der Waals surface area contributed by atoms with E-state index in [-0.39, 0.29) is 0 Å². The molecule has 62 valence electrons. The average Bonchev–Trinajstić information content (AvgIpc) is 2.04. The number of hydrogen-bond acceptors (Lipinski definition) is 1. The molecule has 1 nitrogen and oxygen atoms in total. The van der Waals surface area contributed by atoms with Crippen LogP contribution in [0, 0.1) is 11.8 Å². The Kier molecular flexibility index (Phi) is 2.89. The summed E-state index contributed by atoms with van der Waals surface area (Å²) in [5, 5.41) is 3.43. The fourth-order valence-electron chi connectivity index (χ4n) is 1.83. The maximum Gasteiger partial charge on any atom is 0.0107 e. The van der Waals surface area contributed by atoms with Gasteiger partial charge in [-0.05, 0) is 31.7 Å². The SMILES string of the molecule is C=CC1CCNC(C)[C@@H]1C=C. The van der Waals surface area contributed by atoms with Gasteiger partial charge in [0.25, 0.3) is 0 Å². The number of nitrogens with one attached hydrogen (secondary N) is 1. The molecular formula is C10H17N. The van der Waals surface area contributed by atoms with Crippen LogP contribution >= 0.6 is 0 Å². The lowest BCUT2D eigenvalue weighted by molar-refractivity contribution is 0.285. The van der Waals surface area contributed by atoms with Crippen LogP contribution in [0.2, 0.25) is 0 Å². The Morgan fingerprint density at radius 1 is 1.36 bits per heavy atom. The van der Waals surface area contributed by atoms with E-state index < -0.39 is 0 Å². The first-order valence-corrected chi connectivity index (χ1v) is 4.28. The highest BCUT2D eigenvalue weighted by molar-refractivity contribution is 5.00. The molecule has 1 N–H and O–H groups in total. The van der Waals surface area contributed by atoms with Crippen molar-refractivity contribution in [2.75, 3.05) is 6.54 Å². The molecule has 1 aliphatic heterocycles. The summed E-state index contributed by atoms with van der Waals surface area (Å²) in [6.45, 7) is 11.0. The molecule has 0 aromatic rings. The molecule has 1 aliphatic rings. The van der Waals surface area contributed by atoms with Gasteiger partial charge in [0.1, 0.15) is 0 Å². The summed E-state index contributed by atoms with van der Waals surface area (Å²) in [6, 6.07) is 0.559. The van der Waals surface area contributed by atoms with Crippen LogP contribution in [0.15, 0.2) is 25.3 Å². The van der Waals surface area contributed by atoms with Gasteiger partial charge in [-0.3, -0.25) is 0 Å². The van der Waals surface area contributed by atoms with Crippen molar-refractivity contribution < 1.29 is 0 Å². The standard InChI is InChI=1S/C10H17N/c1-4-9-6-7-11-8(3)10(9)5-2/h4-5,8-11H,1-2,6-7H2,3H3/t8?,9?,10-/m0/s1. The second-order valence-electron chi connectivity index (χ2n) is 3.24. The maximum atomic E-state index is 3.85. The molecule has 1 saturated heterocycles. The summed E-state index contributed by atoms with van der Waals surface area (Å²) in [4.78, 5) is 0. The van der Waals surface area contributed by atoms with Crippen LogP contribution in [0.3, 0.4) is 0 Å². The number of allylic oxidation sites excluding steroid dienone is 1. The van der Waals surface area contributed by atoms with E-state index in [0.717, 1.165) is 6.54 Å². The second kappa shape index (κ2) is 3.72. The number of rotatable bonds is 2.